The molecule has 1 amide bonds. The third kappa shape index (κ3) is 3.26. The number of amides is 1. The van der Waals surface area contributed by atoms with E-state index >= 15 is 0 Å². The second-order valence-electron chi connectivity index (χ2n) is 4.97. The largest absolute Gasteiger partial charge is 0.404 e. The molecule has 0 aliphatic carbocycles. The maximum absolute atomic E-state index is 12.6. The van der Waals surface area contributed by atoms with Gasteiger partial charge in [-0.3, -0.25) is 15.1 Å². The van der Waals surface area contributed by atoms with Crippen LogP contribution >= 0.6 is 11.3 Å². The highest BCUT2D eigenvalue weighted by atomic mass is 32.1. The first-order valence-electron chi connectivity index (χ1n) is 6.64. The van der Waals surface area contributed by atoms with Crippen molar-refractivity contribution >= 4 is 23.1 Å². The van der Waals surface area contributed by atoms with E-state index in [-0.39, 0.29) is 19.2 Å². The lowest BCUT2D eigenvalue weighted by Crippen LogP contribution is -2.48. The van der Waals surface area contributed by atoms with Crippen LogP contribution in [0.2, 0.25) is 0 Å². The zero-order valence-electron chi connectivity index (χ0n) is 11.6. The van der Waals surface area contributed by atoms with Crippen molar-refractivity contribution < 1.29 is 6.22 Å². The highest BCUT2D eigenvalue weighted by Crippen LogP contribution is 2.20. The molecule has 2 heterocycles. The summed E-state index contributed by atoms with van der Waals surface area (Å²) in [5.74, 6) is 0.0576. The molecule has 0 atom stereocenters. The minimum absolute atomic E-state index is 0. The number of rotatable bonds is 3. The average Bonchev–Trinajstić information content (AvgIpc) is 2.95. The van der Waals surface area contributed by atoms with E-state index in [4.69, 9.17) is 11.1 Å². The Kier molecular flexibility index (Phi) is 4.92. The number of piperidine rings is 1. The number of hydrogen-bond acceptors (Lipinski definition) is 5. The molecule has 1 aliphatic heterocycles. The summed E-state index contributed by atoms with van der Waals surface area (Å²) in [7, 11) is 2.08. The number of thiophene rings is 1. The smallest absolute Gasteiger partial charge is 0.260 e. The van der Waals surface area contributed by atoms with Gasteiger partial charge in [-0.15, -0.1) is 0 Å². The second-order valence-corrected chi connectivity index (χ2v) is 5.75. The van der Waals surface area contributed by atoms with E-state index in [0.717, 1.165) is 25.9 Å². The van der Waals surface area contributed by atoms with Gasteiger partial charge in [-0.25, -0.2) is 0 Å². The zero-order valence-corrected chi connectivity index (χ0v) is 12.4. The molecule has 0 unspecified atom stereocenters. The number of likely N-dealkylation sites (tertiary alicyclic amines) is 1. The van der Waals surface area contributed by atoms with Gasteiger partial charge in [-0.2, -0.15) is 11.3 Å². The molecule has 1 fully saturated rings. The van der Waals surface area contributed by atoms with Crippen molar-refractivity contribution in [1.82, 2.24) is 9.80 Å². The first kappa shape index (κ1) is 14.7. The first-order valence-corrected chi connectivity index (χ1v) is 7.59. The third-order valence-corrected chi connectivity index (χ3v) is 4.24. The summed E-state index contributed by atoms with van der Waals surface area (Å²) in [4.78, 5) is 16.4. The molecule has 0 radical (unpaired) electrons. The minimum Gasteiger partial charge on any atom is -0.404 e. The van der Waals surface area contributed by atoms with E-state index < -0.39 is 0 Å². The molecule has 0 bridgehead atoms. The summed E-state index contributed by atoms with van der Waals surface area (Å²) in [5.41, 5.74) is 6.01. The molecular weight excluding hydrogens is 272 g/mol. The van der Waals surface area contributed by atoms with Crippen LogP contribution < -0.4 is 5.73 Å². The van der Waals surface area contributed by atoms with Gasteiger partial charge in [0.1, 0.15) is 5.84 Å². The van der Waals surface area contributed by atoms with Crippen molar-refractivity contribution in [3.8, 4) is 0 Å². The van der Waals surface area contributed by atoms with Crippen LogP contribution in [0, 0.1) is 5.41 Å². The van der Waals surface area contributed by atoms with Gasteiger partial charge in [-0.1, -0.05) is 0 Å². The lowest BCUT2D eigenvalue weighted by molar-refractivity contribution is 0.0749. The summed E-state index contributed by atoms with van der Waals surface area (Å²) in [6, 6.07) is 1.87. The van der Waals surface area contributed by atoms with Gasteiger partial charge >= 0.3 is 0 Å². The Balaban J connectivity index is 0.00000220. The quantitative estimate of drug-likeness (QED) is 0.661. The average molecular weight is 294 g/mol. The molecule has 6 heteroatoms. The fraction of sp³-hybridized carbons (Fsp3) is 0.429. The Hall–Kier alpha value is -1.66. The van der Waals surface area contributed by atoms with Crippen LogP contribution in [-0.4, -0.2) is 47.7 Å². The van der Waals surface area contributed by atoms with E-state index in [9.17, 15) is 4.79 Å². The fourth-order valence-corrected chi connectivity index (χ4v) is 3.05. The number of hydrogen-bond donors (Lipinski definition) is 2. The van der Waals surface area contributed by atoms with Gasteiger partial charge in [0.15, 0.2) is 0 Å². The van der Waals surface area contributed by atoms with Crippen molar-refractivity contribution in [3.63, 3.8) is 0 Å². The van der Waals surface area contributed by atoms with Crippen LogP contribution in [0.4, 0.5) is 0 Å². The first-order chi connectivity index (χ1) is 9.63. The van der Waals surface area contributed by atoms with Crippen molar-refractivity contribution in [2.45, 2.75) is 18.9 Å². The highest BCUT2D eigenvalue weighted by Gasteiger charge is 2.29. The van der Waals surface area contributed by atoms with E-state index in [1.54, 1.807) is 11.0 Å². The molecule has 3 N–H and O–H groups in total. The van der Waals surface area contributed by atoms with Gasteiger partial charge in [0.2, 0.25) is 0 Å². The minimum atomic E-state index is -0.107. The molecule has 2 rings (SSSR count). The normalized spacial score (nSPS) is 17.4. The number of nitrogens with zero attached hydrogens (tertiary/aromatic N) is 2. The lowest BCUT2D eigenvalue weighted by Gasteiger charge is -2.36. The van der Waals surface area contributed by atoms with Crippen LogP contribution in [-0.2, 0) is 0 Å². The second kappa shape index (κ2) is 6.67. The molecule has 0 aromatic carbocycles. The number of amidine groups is 1. The van der Waals surface area contributed by atoms with Crippen LogP contribution in [0.5, 0.6) is 0 Å². The molecule has 0 saturated carbocycles. The Morgan fingerprint density at radius 3 is 2.85 bits per heavy atom. The number of nitrogens with one attached hydrogen (secondary N) is 1. The molecule has 1 aliphatic rings. The van der Waals surface area contributed by atoms with Gasteiger partial charge in [0.25, 0.3) is 5.91 Å². The lowest BCUT2D eigenvalue weighted by atomic mass is 10.0. The van der Waals surface area contributed by atoms with Gasteiger partial charge in [0, 0.05) is 12.8 Å². The predicted octanol–water partition coefficient (Wildman–Crippen LogP) is 1.98. The van der Waals surface area contributed by atoms with Gasteiger partial charge in [0.05, 0.1) is 5.56 Å². The highest BCUT2D eigenvalue weighted by molar-refractivity contribution is 7.08. The van der Waals surface area contributed by atoms with Crippen molar-refractivity contribution in [2.24, 2.45) is 5.73 Å². The van der Waals surface area contributed by atoms with Gasteiger partial charge in [-0.05, 0) is 56.7 Å². The number of nitrogens with two attached hydrogens (primary N) is 1. The van der Waals surface area contributed by atoms with Crippen LogP contribution in [0.3, 0.4) is 0 Å². The van der Waals surface area contributed by atoms with E-state index in [1.807, 2.05) is 10.8 Å². The van der Waals surface area contributed by atoms with Crippen molar-refractivity contribution in [3.05, 3.63) is 34.7 Å². The van der Waals surface area contributed by atoms with Crippen LogP contribution in [0.15, 0.2) is 29.1 Å². The van der Waals surface area contributed by atoms with E-state index in [1.165, 1.54) is 23.6 Å². The molecule has 0 spiro atoms. The predicted molar refractivity (Wildman–Crippen MR) is 84.2 cm³/mol. The third-order valence-electron chi connectivity index (χ3n) is 3.55. The fourth-order valence-electron chi connectivity index (χ4n) is 2.42. The van der Waals surface area contributed by atoms with E-state index in [2.05, 4.69) is 11.9 Å². The maximum atomic E-state index is 12.6. The monoisotopic (exact) mass is 294 g/mol. The van der Waals surface area contributed by atoms with E-state index in [0.29, 0.717) is 5.56 Å². The zero-order chi connectivity index (χ0) is 14.5. The van der Waals surface area contributed by atoms with Gasteiger partial charge < -0.3 is 10.6 Å². The maximum Gasteiger partial charge on any atom is 0.260 e. The number of carbonyl (C=O) groups excluding carboxylic acids is 1. The molecule has 110 valence electrons. The summed E-state index contributed by atoms with van der Waals surface area (Å²) in [6.45, 7) is 1.88. The van der Waals surface area contributed by atoms with Crippen LogP contribution in [0.25, 0.3) is 0 Å². The molecule has 5 nitrogen and oxygen atoms in total. The summed E-state index contributed by atoms with van der Waals surface area (Å²) < 4.78 is 0. The summed E-state index contributed by atoms with van der Waals surface area (Å²) in [5, 5.41) is 11.8. The van der Waals surface area contributed by atoms with Crippen molar-refractivity contribution in [2.75, 3.05) is 20.1 Å². The summed E-state index contributed by atoms with van der Waals surface area (Å²) >= 11 is 1.49. The molecule has 1 aromatic heterocycles. The molecule has 1 aromatic rings. The summed E-state index contributed by atoms with van der Waals surface area (Å²) in [6.07, 6.45) is 4.55. The molecule has 1 saturated heterocycles. The standard InChI is InChI=1S/C14H20N4OS.H2/c1-17-7-3-12(4-8-17)18(13(16)2-6-15)14(19)11-5-9-20-10-11;/h2,5-6,9-10,12,16H,3-4,7-8,15H2,1H3;1H/b6-2-,16-13?;. The topological polar surface area (TPSA) is 73.4 Å². The Bertz CT molecular complexity index is 495. The van der Waals surface area contributed by atoms with Crippen molar-refractivity contribution in [1.29, 1.82) is 5.41 Å². The Labute approximate surface area is 124 Å². The molecular formula is C14H22N4OS. The number of carbonyl (C=O) groups is 1. The Morgan fingerprint density at radius 2 is 2.30 bits per heavy atom. The molecule has 20 heavy (non-hydrogen) atoms. The SMILES string of the molecule is CN1CCC(N(C(=N)/C=C\N)C(=O)c2ccsc2)CC1.[HH]. The van der Waals surface area contributed by atoms with Crippen LogP contribution in [0.1, 0.15) is 24.6 Å². The Morgan fingerprint density at radius 1 is 1.60 bits per heavy atom.